The van der Waals surface area contributed by atoms with E-state index in [4.69, 9.17) is 25.8 Å². The summed E-state index contributed by atoms with van der Waals surface area (Å²) in [7, 11) is 3.20. The third kappa shape index (κ3) is 5.42. The first kappa shape index (κ1) is 20.6. The smallest absolute Gasteiger partial charge is 0.251 e. The average Bonchev–Trinajstić information content (AvgIpc) is 2.77. The molecule has 29 heavy (non-hydrogen) atoms. The molecule has 0 heterocycles. The topological polar surface area (TPSA) is 56.8 Å². The van der Waals surface area contributed by atoms with Gasteiger partial charge in [0.1, 0.15) is 23.9 Å². The summed E-state index contributed by atoms with van der Waals surface area (Å²) >= 11 is 6.14. The van der Waals surface area contributed by atoms with Crippen molar-refractivity contribution < 1.29 is 19.0 Å². The number of hydrogen-bond acceptors (Lipinski definition) is 4. The first-order valence-corrected chi connectivity index (χ1v) is 9.44. The molecule has 0 atom stereocenters. The lowest BCUT2D eigenvalue weighted by atomic mass is 10.1. The number of para-hydroxylation sites is 1. The molecule has 3 aromatic carbocycles. The minimum atomic E-state index is -0.178. The van der Waals surface area contributed by atoms with Gasteiger partial charge in [0.2, 0.25) is 0 Å². The van der Waals surface area contributed by atoms with Crippen LogP contribution in [-0.2, 0) is 13.2 Å². The molecular weight excluding hydrogens is 390 g/mol. The van der Waals surface area contributed by atoms with Crippen LogP contribution >= 0.6 is 11.6 Å². The first-order valence-electron chi connectivity index (χ1n) is 9.06. The van der Waals surface area contributed by atoms with Crippen molar-refractivity contribution in [1.82, 2.24) is 5.32 Å². The molecule has 0 fully saturated rings. The molecule has 0 bridgehead atoms. The Kier molecular flexibility index (Phi) is 6.98. The van der Waals surface area contributed by atoms with Crippen LogP contribution in [0.3, 0.4) is 0 Å². The second kappa shape index (κ2) is 9.85. The fraction of sp³-hybridized carbons (Fsp3) is 0.174. The molecular formula is C23H22ClNO4. The summed E-state index contributed by atoms with van der Waals surface area (Å²) in [5.41, 5.74) is 2.26. The van der Waals surface area contributed by atoms with Gasteiger partial charge in [-0.3, -0.25) is 4.79 Å². The quantitative estimate of drug-likeness (QED) is 0.574. The molecule has 3 rings (SSSR count). The third-order valence-corrected chi connectivity index (χ3v) is 4.69. The lowest BCUT2D eigenvalue weighted by Crippen LogP contribution is -2.23. The summed E-state index contributed by atoms with van der Waals surface area (Å²) < 4.78 is 16.3. The molecule has 0 spiro atoms. The minimum absolute atomic E-state index is 0.178. The molecule has 0 aromatic heterocycles. The molecule has 0 aliphatic heterocycles. The maximum atomic E-state index is 12.6. The van der Waals surface area contributed by atoms with Crippen LogP contribution in [0, 0.1) is 0 Å². The number of ether oxygens (including phenoxy) is 3. The zero-order valence-electron chi connectivity index (χ0n) is 16.3. The summed E-state index contributed by atoms with van der Waals surface area (Å²) in [5.74, 6) is 1.81. The molecule has 3 aromatic rings. The zero-order chi connectivity index (χ0) is 20.6. The largest absolute Gasteiger partial charge is 0.497 e. The van der Waals surface area contributed by atoms with E-state index >= 15 is 0 Å². The van der Waals surface area contributed by atoms with E-state index < -0.39 is 0 Å². The Morgan fingerprint density at radius 2 is 1.69 bits per heavy atom. The number of halogens is 1. The van der Waals surface area contributed by atoms with Gasteiger partial charge in [-0.1, -0.05) is 35.9 Å². The first-order chi connectivity index (χ1) is 14.1. The van der Waals surface area contributed by atoms with Crippen LogP contribution in [0.15, 0.2) is 66.7 Å². The van der Waals surface area contributed by atoms with Gasteiger partial charge in [-0.05, 0) is 48.0 Å². The molecule has 0 unspecified atom stereocenters. The van der Waals surface area contributed by atoms with E-state index in [1.807, 2.05) is 36.4 Å². The van der Waals surface area contributed by atoms with Crippen LogP contribution in [0.5, 0.6) is 17.2 Å². The lowest BCUT2D eigenvalue weighted by molar-refractivity contribution is 0.0950. The Bertz CT molecular complexity index is 973. The van der Waals surface area contributed by atoms with E-state index in [1.165, 1.54) is 0 Å². The Morgan fingerprint density at radius 1 is 0.931 bits per heavy atom. The van der Waals surface area contributed by atoms with E-state index in [9.17, 15) is 4.79 Å². The van der Waals surface area contributed by atoms with Gasteiger partial charge < -0.3 is 19.5 Å². The molecule has 0 aliphatic rings. The van der Waals surface area contributed by atoms with Crippen molar-refractivity contribution in [3.05, 3.63) is 88.4 Å². The van der Waals surface area contributed by atoms with Gasteiger partial charge in [0, 0.05) is 17.7 Å². The number of benzene rings is 3. The van der Waals surface area contributed by atoms with Crippen molar-refractivity contribution in [2.45, 2.75) is 13.2 Å². The van der Waals surface area contributed by atoms with Crippen LogP contribution in [0.1, 0.15) is 21.5 Å². The highest BCUT2D eigenvalue weighted by molar-refractivity contribution is 6.32. The van der Waals surface area contributed by atoms with Gasteiger partial charge in [-0.25, -0.2) is 0 Å². The Balaban J connectivity index is 1.67. The second-order valence-corrected chi connectivity index (χ2v) is 6.68. The van der Waals surface area contributed by atoms with Crippen molar-refractivity contribution in [1.29, 1.82) is 0 Å². The minimum Gasteiger partial charge on any atom is -0.497 e. The highest BCUT2D eigenvalue weighted by atomic mass is 35.5. The predicted molar refractivity (Wildman–Crippen MR) is 113 cm³/mol. The molecule has 0 saturated heterocycles. The van der Waals surface area contributed by atoms with Crippen LogP contribution in [-0.4, -0.2) is 20.1 Å². The maximum Gasteiger partial charge on any atom is 0.251 e. The number of carbonyl (C=O) groups is 1. The monoisotopic (exact) mass is 411 g/mol. The van der Waals surface area contributed by atoms with E-state index in [1.54, 1.807) is 44.6 Å². The summed E-state index contributed by atoms with van der Waals surface area (Å²) in [6, 6.07) is 20.0. The van der Waals surface area contributed by atoms with Crippen molar-refractivity contribution >= 4 is 17.5 Å². The lowest BCUT2D eigenvalue weighted by Gasteiger charge is -2.13. The SMILES string of the molecule is COc1ccc(CNC(=O)c2ccc(OC)c(COc3ccccc3Cl)c2)cc1. The van der Waals surface area contributed by atoms with Gasteiger partial charge >= 0.3 is 0 Å². The highest BCUT2D eigenvalue weighted by Gasteiger charge is 2.12. The molecule has 5 nitrogen and oxygen atoms in total. The number of carbonyl (C=O) groups excluding carboxylic acids is 1. The highest BCUT2D eigenvalue weighted by Crippen LogP contribution is 2.27. The second-order valence-electron chi connectivity index (χ2n) is 6.28. The van der Waals surface area contributed by atoms with Crippen molar-refractivity contribution in [2.24, 2.45) is 0 Å². The van der Waals surface area contributed by atoms with Gasteiger partial charge in [0.05, 0.1) is 19.2 Å². The normalized spacial score (nSPS) is 10.3. The summed E-state index contributed by atoms with van der Waals surface area (Å²) in [5, 5.41) is 3.45. The molecule has 0 saturated carbocycles. The van der Waals surface area contributed by atoms with E-state index in [-0.39, 0.29) is 12.5 Å². The standard InChI is InChI=1S/C23H22ClNO4/c1-27-19-10-7-16(8-11-19)14-25-23(26)17-9-12-21(28-2)18(13-17)15-29-22-6-4-3-5-20(22)24/h3-13H,14-15H2,1-2H3,(H,25,26). The Labute approximate surface area is 175 Å². The number of nitrogens with one attached hydrogen (secondary N) is 1. The number of methoxy groups -OCH3 is 2. The Morgan fingerprint density at radius 3 is 2.38 bits per heavy atom. The third-order valence-electron chi connectivity index (χ3n) is 4.37. The molecule has 150 valence electrons. The van der Waals surface area contributed by atoms with E-state index in [0.29, 0.717) is 28.6 Å². The molecule has 0 aliphatic carbocycles. The van der Waals surface area contributed by atoms with E-state index in [0.717, 1.165) is 16.9 Å². The van der Waals surface area contributed by atoms with Crippen LogP contribution in [0.2, 0.25) is 5.02 Å². The van der Waals surface area contributed by atoms with Gasteiger partial charge in [-0.2, -0.15) is 0 Å². The molecule has 1 amide bonds. The number of amides is 1. The number of rotatable bonds is 8. The predicted octanol–water partition coefficient (Wildman–Crippen LogP) is 4.87. The summed E-state index contributed by atoms with van der Waals surface area (Å²) in [6.07, 6.45) is 0. The average molecular weight is 412 g/mol. The van der Waals surface area contributed by atoms with Crippen LogP contribution < -0.4 is 19.5 Å². The van der Waals surface area contributed by atoms with Crippen molar-refractivity contribution in [2.75, 3.05) is 14.2 Å². The Hall–Kier alpha value is -3.18. The summed E-state index contributed by atoms with van der Waals surface area (Å²) in [4.78, 5) is 12.6. The fourth-order valence-corrected chi connectivity index (χ4v) is 2.97. The van der Waals surface area contributed by atoms with E-state index in [2.05, 4.69) is 5.32 Å². The molecule has 6 heteroatoms. The summed E-state index contributed by atoms with van der Waals surface area (Å²) in [6.45, 7) is 0.646. The maximum absolute atomic E-state index is 12.6. The zero-order valence-corrected chi connectivity index (χ0v) is 17.0. The van der Waals surface area contributed by atoms with Crippen molar-refractivity contribution in [3.63, 3.8) is 0 Å². The fourth-order valence-electron chi connectivity index (χ4n) is 2.78. The van der Waals surface area contributed by atoms with Gasteiger partial charge in [0.15, 0.2) is 0 Å². The van der Waals surface area contributed by atoms with Crippen LogP contribution in [0.25, 0.3) is 0 Å². The van der Waals surface area contributed by atoms with Crippen LogP contribution in [0.4, 0.5) is 0 Å². The van der Waals surface area contributed by atoms with Gasteiger partial charge in [0.25, 0.3) is 5.91 Å². The molecule has 1 N–H and O–H groups in total. The molecule has 0 radical (unpaired) electrons. The van der Waals surface area contributed by atoms with Gasteiger partial charge in [-0.15, -0.1) is 0 Å². The number of hydrogen-bond donors (Lipinski definition) is 1. The van der Waals surface area contributed by atoms with Crippen molar-refractivity contribution in [3.8, 4) is 17.2 Å².